The van der Waals surface area contributed by atoms with Crippen molar-refractivity contribution in [1.29, 1.82) is 0 Å². The molecule has 19 heavy (non-hydrogen) atoms. The maximum Gasteiger partial charge on any atom is 0.161 e. The molecule has 0 aromatic heterocycles. The van der Waals surface area contributed by atoms with Gasteiger partial charge in [-0.2, -0.15) is 0 Å². The van der Waals surface area contributed by atoms with E-state index in [1.807, 2.05) is 18.2 Å². The Labute approximate surface area is 115 Å². The lowest BCUT2D eigenvalue weighted by Crippen LogP contribution is -2.35. The molecule has 2 rings (SSSR count). The lowest BCUT2D eigenvalue weighted by molar-refractivity contribution is 0.101. The summed E-state index contributed by atoms with van der Waals surface area (Å²) in [5.41, 5.74) is 8.32. The van der Waals surface area contributed by atoms with Crippen LogP contribution in [-0.4, -0.2) is 18.9 Å². The maximum atomic E-state index is 11.4. The van der Waals surface area contributed by atoms with Crippen LogP contribution in [0, 0.1) is 11.8 Å². The van der Waals surface area contributed by atoms with Crippen molar-refractivity contribution < 1.29 is 4.79 Å². The summed E-state index contributed by atoms with van der Waals surface area (Å²) in [6.07, 6.45) is 2.48. The van der Waals surface area contributed by atoms with Crippen molar-refractivity contribution in [3.05, 3.63) is 23.8 Å². The molecule has 0 saturated carbocycles. The topological polar surface area (TPSA) is 46.3 Å². The Hall–Kier alpha value is -1.51. The van der Waals surface area contributed by atoms with Gasteiger partial charge in [0.25, 0.3) is 0 Å². The van der Waals surface area contributed by atoms with Crippen LogP contribution in [0.5, 0.6) is 0 Å². The SMILES string of the molecule is CC(=O)c1ccc(N2CCC(C(C)C)CC2)cc1N. The number of anilines is 2. The van der Waals surface area contributed by atoms with E-state index in [1.54, 1.807) is 6.92 Å². The molecule has 0 amide bonds. The van der Waals surface area contributed by atoms with E-state index in [2.05, 4.69) is 18.7 Å². The number of nitrogens with zero attached hydrogens (tertiary/aromatic N) is 1. The fraction of sp³-hybridized carbons (Fsp3) is 0.562. The van der Waals surface area contributed by atoms with Gasteiger partial charge in [0, 0.05) is 30.0 Å². The van der Waals surface area contributed by atoms with Crippen LogP contribution in [0.1, 0.15) is 44.0 Å². The number of benzene rings is 1. The van der Waals surface area contributed by atoms with Crippen molar-refractivity contribution in [1.82, 2.24) is 0 Å². The van der Waals surface area contributed by atoms with Crippen molar-refractivity contribution in [2.75, 3.05) is 23.7 Å². The molecular formula is C16H24N2O. The normalized spacial score (nSPS) is 16.9. The van der Waals surface area contributed by atoms with E-state index in [0.717, 1.165) is 30.6 Å². The van der Waals surface area contributed by atoms with Gasteiger partial charge < -0.3 is 10.6 Å². The first-order chi connectivity index (χ1) is 8.99. The van der Waals surface area contributed by atoms with Crippen molar-refractivity contribution in [3.63, 3.8) is 0 Å². The quantitative estimate of drug-likeness (QED) is 0.669. The van der Waals surface area contributed by atoms with E-state index in [9.17, 15) is 4.79 Å². The minimum atomic E-state index is 0.0302. The summed E-state index contributed by atoms with van der Waals surface area (Å²) in [5.74, 6) is 1.64. The first-order valence-corrected chi connectivity index (χ1v) is 7.14. The molecule has 1 saturated heterocycles. The minimum Gasteiger partial charge on any atom is -0.398 e. The van der Waals surface area contributed by atoms with Gasteiger partial charge in [-0.05, 0) is 49.8 Å². The molecule has 3 heteroatoms. The molecule has 0 radical (unpaired) electrons. The van der Waals surface area contributed by atoms with E-state index >= 15 is 0 Å². The number of Topliss-reactive ketones (excluding diaryl/α,β-unsaturated/α-hetero) is 1. The largest absolute Gasteiger partial charge is 0.398 e. The standard InChI is InChI=1S/C16H24N2O/c1-11(2)13-6-8-18(9-7-13)14-4-5-15(12(3)19)16(17)10-14/h4-5,10-11,13H,6-9,17H2,1-3H3. The number of piperidine rings is 1. The molecule has 0 atom stereocenters. The molecule has 3 nitrogen and oxygen atoms in total. The van der Waals surface area contributed by atoms with Crippen molar-refractivity contribution >= 4 is 17.2 Å². The molecule has 0 spiro atoms. The summed E-state index contributed by atoms with van der Waals surface area (Å²) in [6, 6.07) is 5.80. The third-order valence-corrected chi connectivity index (χ3v) is 4.26. The third kappa shape index (κ3) is 3.09. The number of hydrogen-bond donors (Lipinski definition) is 1. The number of nitrogen functional groups attached to an aromatic ring is 1. The molecular weight excluding hydrogens is 236 g/mol. The smallest absolute Gasteiger partial charge is 0.161 e. The zero-order valence-corrected chi connectivity index (χ0v) is 12.1. The Morgan fingerprint density at radius 1 is 1.32 bits per heavy atom. The van der Waals surface area contributed by atoms with Gasteiger partial charge in [-0.3, -0.25) is 4.79 Å². The molecule has 1 aliphatic heterocycles. The Bertz CT molecular complexity index is 460. The van der Waals surface area contributed by atoms with Gasteiger partial charge in [0.15, 0.2) is 5.78 Å². The van der Waals surface area contributed by atoms with Crippen LogP contribution in [0.3, 0.4) is 0 Å². The summed E-state index contributed by atoms with van der Waals surface area (Å²) < 4.78 is 0. The number of ketones is 1. The Balaban J connectivity index is 2.08. The molecule has 1 aromatic carbocycles. The number of hydrogen-bond acceptors (Lipinski definition) is 3. The Morgan fingerprint density at radius 2 is 1.95 bits per heavy atom. The van der Waals surface area contributed by atoms with Crippen molar-refractivity contribution in [2.24, 2.45) is 11.8 Å². The van der Waals surface area contributed by atoms with Gasteiger partial charge in [0.2, 0.25) is 0 Å². The van der Waals surface area contributed by atoms with Crippen LogP contribution < -0.4 is 10.6 Å². The highest BCUT2D eigenvalue weighted by Crippen LogP contribution is 2.29. The van der Waals surface area contributed by atoms with Crippen LogP contribution in [0.4, 0.5) is 11.4 Å². The monoisotopic (exact) mass is 260 g/mol. The summed E-state index contributed by atoms with van der Waals surface area (Å²) in [7, 11) is 0. The molecule has 1 aliphatic rings. The second-order valence-electron chi connectivity index (χ2n) is 5.90. The van der Waals surface area contributed by atoms with E-state index in [1.165, 1.54) is 12.8 Å². The molecule has 104 valence electrons. The number of rotatable bonds is 3. The van der Waals surface area contributed by atoms with E-state index in [4.69, 9.17) is 5.73 Å². The molecule has 0 bridgehead atoms. The highest BCUT2D eigenvalue weighted by molar-refractivity contribution is 5.99. The Kier molecular flexibility index (Phi) is 4.13. The number of carbonyl (C=O) groups excluding carboxylic acids is 1. The summed E-state index contributed by atoms with van der Waals surface area (Å²) in [5, 5.41) is 0. The van der Waals surface area contributed by atoms with Gasteiger partial charge in [-0.25, -0.2) is 0 Å². The fourth-order valence-corrected chi connectivity index (χ4v) is 2.89. The van der Waals surface area contributed by atoms with Crippen LogP contribution in [0.2, 0.25) is 0 Å². The summed E-state index contributed by atoms with van der Waals surface area (Å²) in [6.45, 7) is 8.34. The van der Waals surface area contributed by atoms with Gasteiger partial charge in [-0.1, -0.05) is 13.8 Å². The second-order valence-corrected chi connectivity index (χ2v) is 5.90. The van der Waals surface area contributed by atoms with Gasteiger partial charge >= 0.3 is 0 Å². The summed E-state index contributed by atoms with van der Waals surface area (Å²) >= 11 is 0. The first-order valence-electron chi connectivity index (χ1n) is 7.14. The number of carbonyl (C=O) groups is 1. The lowest BCUT2D eigenvalue weighted by Gasteiger charge is -2.35. The molecule has 2 N–H and O–H groups in total. The average Bonchev–Trinajstić information content (AvgIpc) is 2.38. The van der Waals surface area contributed by atoms with Crippen LogP contribution >= 0.6 is 0 Å². The molecule has 1 aromatic rings. The van der Waals surface area contributed by atoms with Crippen molar-refractivity contribution in [3.8, 4) is 0 Å². The highest BCUT2D eigenvalue weighted by Gasteiger charge is 2.22. The number of nitrogens with two attached hydrogens (primary N) is 1. The zero-order chi connectivity index (χ0) is 14.0. The average molecular weight is 260 g/mol. The molecule has 0 unspecified atom stereocenters. The molecule has 1 heterocycles. The van der Waals surface area contributed by atoms with Gasteiger partial charge in [0.05, 0.1) is 0 Å². The predicted octanol–water partition coefficient (Wildman–Crippen LogP) is 3.34. The van der Waals surface area contributed by atoms with E-state index in [-0.39, 0.29) is 5.78 Å². The minimum absolute atomic E-state index is 0.0302. The first kappa shape index (κ1) is 13.9. The maximum absolute atomic E-state index is 11.4. The van der Waals surface area contributed by atoms with Crippen LogP contribution in [-0.2, 0) is 0 Å². The van der Waals surface area contributed by atoms with E-state index < -0.39 is 0 Å². The van der Waals surface area contributed by atoms with Crippen molar-refractivity contribution in [2.45, 2.75) is 33.6 Å². The third-order valence-electron chi connectivity index (χ3n) is 4.26. The summed E-state index contributed by atoms with van der Waals surface area (Å²) in [4.78, 5) is 13.8. The fourth-order valence-electron chi connectivity index (χ4n) is 2.89. The molecule has 0 aliphatic carbocycles. The Morgan fingerprint density at radius 3 is 2.42 bits per heavy atom. The van der Waals surface area contributed by atoms with Crippen LogP contribution in [0.25, 0.3) is 0 Å². The highest BCUT2D eigenvalue weighted by atomic mass is 16.1. The second kappa shape index (κ2) is 5.64. The van der Waals surface area contributed by atoms with Gasteiger partial charge in [-0.15, -0.1) is 0 Å². The zero-order valence-electron chi connectivity index (χ0n) is 12.1. The predicted molar refractivity (Wildman–Crippen MR) is 80.6 cm³/mol. The molecule has 1 fully saturated rings. The van der Waals surface area contributed by atoms with Gasteiger partial charge in [0.1, 0.15) is 0 Å². The van der Waals surface area contributed by atoms with E-state index in [0.29, 0.717) is 11.3 Å². The van der Waals surface area contributed by atoms with Crippen LogP contribution in [0.15, 0.2) is 18.2 Å². The lowest BCUT2D eigenvalue weighted by atomic mass is 9.86.